The molecule has 0 aromatic heterocycles. The van der Waals surface area contributed by atoms with Crippen LogP contribution in [0.5, 0.6) is 0 Å². The van der Waals surface area contributed by atoms with Crippen molar-refractivity contribution in [3.05, 3.63) is 70.8 Å². The van der Waals surface area contributed by atoms with Gasteiger partial charge in [0.05, 0.1) is 0 Å². The second-order valence-electron chi connectivity index (χ2n) is 6.21. The third kappa shape index (κ3) is 7.45. The molecule has 0 aliphatic heterocycles. The molecule has 0 unspecified atom stereocenters. The lowest BCUT2D eigenvalue weighted by atomic mass is 10.1. The first-order valence-corrected chi connectivity index (χ1v) is 8.61. The summed E-state index contributed by atoms with van der Waals surface area (Å²) in [5.74, 6) is 0. The molecule has 0 heterocycles. The van der Waals surface area contributed by atoms with Crippen molar-refractivity contribution in [2.75, 3.05) is 19.8 Å². The molecule has 0 aliphatic carbocycles. The highest BCUT2D eigenvalue weighted by atomic mass is 15.0. The standard InChI is InChI=1S/C21H30N2/c1-18-7-11-20(12-8-18)5-3-15-22-17-23-16-4-6-21-13-9-19(2)10-14-21/h7-14,22-23H,3-6,15-17H2,1-2H3/i/hD2. The van der Waals surface area contributed by atoms with Crippen LogP contribution in [-0.2, 0) is 12.8 Å². The Balaban J connectivity index is 1.58. The molecule has 0 radical (unpaired) electrons. The van der Waals surface area contributed by atoms with Crippen molar-refractivity contribution in [3.8, 4) is 0 Å². The van der Waals surface area contributed by atoms with Gasteiger partial charge >= 0.3 is 0 Å². The summed E-state index contributed by atoms with van der Waals surface area (Å²) >= 11 is 0. The monoisotopic (exact) mass is 312 g/mol. The van der Waals surface area contributed by atoms with Gasteiger partial charge in [-0.05, 0) is 63.7 Å². The van der Waals surface area contributed by atoms with Crippen LogP contribution >= 0.6 is 0 Å². The molecule has 23 heavy (non-hydrogen) atoms. The molecule has 2 N–H and O–H groups in total. The third-order valence-electron chi connectivity index (χ3n) is 4.00. The molecule has 2 heteroatoms. The summed E-state index contributed by atoms with van der Waals surface area (Å²) in [6, 6.07) is 17.2. The fraction of sp³-hybridized carbons (Fsp3) is 0.429. The van der Waals surface area contributed by atoms with Crippen LogP contribution in [-0.4, -0.2) is 19.8 Å². The topological polar surface area (TPSA) is 24.1 Å². The second-order valence-corrected chi connectivity index (χ2v) is 6.21. The van der Waals surface area contributed by atoms with Gasteiger partial charge < -0.3 is 10.6 Å². The van der Waals surface area contributed by atoms with Gasteiger partial charge in [0.1, 0.15) is 2.82 Å². The van der Waals surface area contributed by atoms with E-state index in [0.717, 1.165) is 25.7 Å². The molecule has 0 aliphatic rings. The van der Waals surface area contributed by atoms with E-state index in [2.05, 4.69) is 62.4 Å². The first-order chi connectivity index (χ1) is 12.0. The fourth-order valence-electron chi connectivity index (χ4n) is 2.51. The molecule has 0 fully saturated rings. The highest BCUT2D eigenvalue weighted by Gasteiger charge is 1.95. The SMILES string of the molecule is [2H]N(CCCc1ccc(C)cc1)CN([2H])CCCc1ccc(C)cc1. The van der Waals surface area contributed by atoms with Gasteiger partial charge in [-0.2, -0.15) is 0 Å². The zero-order chi connectivity index (χ0) is 18.1. The zero-order valence-electron chi connectivity index (χ0n) is 16.5. The molecule has 2 nitrogen and oxygen atoms in total. The minimum atomic E-state index is 0.377. The zero-order valence-corrected chi connectivity index (χ0v) is 14.5. The summed E-state index contributed by atoms with van der Waals surface area (Å²) in [6.45, 7) is 5.96. The highest BCUT2D eigenvalue weighted by molar-refractivity contribution is 5.22. The van der Waals surface area contributed by atoms with E-state index >= 15 is 0 Å². The van der Waals surface area contributed by atoms with Crippen LogP contribution in [0, 0.1) is 13.8 Å². The first-order valence-electron chi connectivity index (χ1n) is 9.51. The first kappa shape index (κ1) is 14.9. The van der Waals surface area contributed by atoms with Crippen molar-refractivity contribution in [2.45, 2.75) is 39.5 Å². The molecule has 0 atom stereocenters. The van der Waals surface area contributed by atoms with Gasteiger partial charge in [-0.3, -0.25) is 0 Å². The minimum Gasteiger partial charge on any atom is -0.304 e. The quantitative estimate of drug-likeness (QED) is 0.648. The third-order valence-corrected chi connectivity index (χ3v) is 4.00. The number of hydrogen-bond acceptors (Lipinski definition) is 2. The van der Waals surface area contributed by atoms with E-state index in [9.17, 15) is 0 Å². The van der Waals surface area contributed by atoms with Crippen LogP contribution in [0.2, 0.25) is 2.82 Å². The van der Waals surface area contributed by atoms with E-state index in [0.29, 0.717) is 19.8 Å². The van der Waals surface area contributed by atoms with Crippen molar-refractivity contribution in [3.63, 3.8) is 0 Å². The maximum absolute atomic E-state index is 8.00. The van der Waals surface area contributed by atoms with Gasteiger partial charge in [0.15, 0.2) is 0 Å². The summed E-state index contributed by atoms with van der Waals surface area (Å²) in [5.41, 5.74) is 5.20. The Bertz CT molecular complexity index is 555. The predicted molar refractivity (Wildman–Crippen MR) is 99.9 cm³/mol. The minimum absolute atomic E-state index is 0.377. The van der Waals surface area contributed by atoms with Crippen molar-refractivity contribution < 1.29 is 2.82 Å². The van der Waals surface area contributed by atoms with E-state index in [4.69, 9.17) is 2.82 Å². The molecule has 2 aromatic rings. The molecule has 2 rings (SSSR count). The summed E-state index contributed by atoms with van der Waals surface area (Å²) < 4.78 is 16.0. The van der Waals surface area contributed by atoms with E-state index in [1.54, 1.807) is 0 Å². The van der Waals surface area contributed by atoms with Crippen LogP contribution in [0.1, 0.15) is 35.1 Å². The molecule has 0 bridgehead atoms. The lowest BCUT2D eigenvalue weighted by Gasteiger charge is -2.07. The molecular weight excluding hydrogens is 280 g/mol. The normalized spacial score (nSPS) is 12.5. The average molecular weight is 312 g/mol. The Labute approximate surface area is 144 Å². The predicted octanol–water partition coefficient (Wildman–Crippen LogP) is 4.01. The van der Waals surface area contributed by atoms with E-state index in [1.165, 1.54) is 32.9 Å². The van der Waals surface area contributed by atoms with Gasteiger partial charge in [-0.15, -0.1) is 0 Å². The Kier molecular flexibility index (Phi) is 6.61. The fourth-order valence-corrected chi connectivity index (χ4v) is 2.51. The lowest BCUT2D eigenvalue weighted by Crippen LogP contribution is -2.30. The van der Waals surface area contributed by atoms with Crippen molar-refractivity contribution >= 4 is 0 Å². The molecule has 0 saturated heterocycles. The summed E-state index contributed by atoms with van der Waals surface area (Å²) in [5, 5.41) is 2.99. The van der Waals surface area contributed by atoms with Gasteiger partial charge in [0, 0.05) is 6.67 Å². The Morgan fingerprint density at radius 3 is 1.48 bits per heavy atom. The van der Waals surface area contributed by atoms with E-state index < -0.39 is 0 Å². The number of nitrogens with one attached hydrogen (secondary N) is 2. The molecular formula is C21H30N2. The van der Waals surface area contributed by atoms with Crippen LogP contribution in [0.15, 0.2) is 48.5 Å². The van der Waals surface area contributed by atoms with Crippen LogP contribution in [0.4, 0.5) is 0 Å². The molecule has 0 amide bonds. The highest BCUT2D eigenvalue weighted by Crippen LogP contribution is 2.06. The Morgan fingerprint density at radius 1 is 0.696 bits per heavy atom. The maximum atomic E-state index is 8.00. The van der Waals surface area contributed by atoms with Crippen molar-refractivity contribution in [1.82, 2.24) is 10.6 Å². The number of hydrogen-bond donors (Lipinski definition) is 2. The van der Waals surface area contributed by atoms with Gasteiger partial charge in [-0.1, -0.05) is 59.7 Å². The number of aryl methyl sites for hydroxylation is 4. The van der Waals surface area contributed by atoms with Crippen molar-refractivity contribution in [1.29, 1.82) is 0 Å². The number of benzene rings is 2. The van der Waals surface area contributed by atoms with Gasteiger partial charge in [-0.25, -0.2) is 0 Å². The Hall–Kier alpha value is -1.64. The van der Waals surface area contributed by atoms with E-state index in [-0.39, 0.29) is 0 Å². The molecule has 0 saturated carbocycles. The second kappa shape index (κ2) is 10.2. The molecule has 2 aromatic carbocycles. The lowest BCUT2D eigenvalue weighted by molar-refractivity contribution is 0.558. The summed E-state index contributed by atoms with van der Waals surface area (Å²) in [6.07, 6.45) is 3.87. The van der Waals surface area contributed by atoms with Crippen molar-refractivity contribution in [2.24, 2.45) is 0 Å². The van der Waals surface area contributed by atoms with Gasteiger partial charge in [0.25, 0.3) is 0 Å². The Morgan fingerprint density at radius 2 is 1.09 bits per heavy atom. The van der Waals surface area contributed by atoms with E-state index in [1.807, 2.05) is 0 Å². The maximum Gasteiger partial charge on any atom is 0.123 e. The van der Waals surface area contributed by atoms with Gasteiger partial charge in [0.2, 0.25) is 0 Å². The molecule has 0 spiro atoms. The summed E-state index contributed by atoms with van der Waals surface area (Å²) in [7, 11) is 0. The summed E-state index contributed by atoms with van der Waals surface area (Å²) in [4.78, 5) is 0. The van der Waals surface area contributed by atoms with Crippen LogP contribution in [0.25, 0.3) is 0 Å². The average Bonchev–Trinajstić information content (AvgIpc) is 2.58. The smallest absolute Gasteiger partial charge is 0.123 e. The largest absolute Gasteiger partial charge is 0.304 e. The molecule has 124 valence electrons. The number of rotatable bonds is 10. The van der Waals surface area contributed by atoms with Crippen LogP contribution in [0.3, 0.4) is 0 Å². The van der Waals surface area contributed by atoms with Crippen LogP contribution < -0.4 is 10.6 Å².